The van der Waals surface area contributed by atoms with Crippen LogP contribution in [0.2, 0.25) is 5.02 Å². The van der Waals surface area contributed by atoms with E-state index in [4.69, 9.17) is 16.3 Å². The molecule has 8 rings (SSSR count). The van der Waals surface area contributed by atoms with Gasteiger partial charge in [-0.3, -0.25) is 9.59 Å². The standard InChI is InChI=1S/C28H19ClFN7O3/c29-15-2-4-23(36-12-31-34-35-36)17(8-15)14-6-24-18-9-19(18)26(37(24)25(39)7-14)22-10-20(27(30)32-22)21-3-1-13-5-16(38)11-40-28(13)33-21/h1-4,6-8,12,18-19,26H,5,9-11H2/t18-,19+,26+/m1/s1. The molecule has 0 spiro atoms. The predicted molar refractivity (Wildman–Crippen MR) is 142 cm³/mol. The second-order valence-electron chi connectivity index (χ2n) is 10.5. The molecule has 0 N–H and O–H groups in total. The van der Waals surface area contributed by atoms with Crippen molar-refractivity contribution in [2.24, 2.45) is 10.9 Å². The first-order valence-corrected chi connectivity index (χ1v) is 13.2. The zero-order valence-corrected chi connectivity index (χ0v) is 21.5. The summed E-state index contributed by atoms with van der Waals surface area (Å²) in [6.07, 6.45) is 2.89. The van der Waals surface area contributed by atoms with Crippen LogP contribution < -0.4 is 10.3 Å². The highest BCUT2D eigenvalue weighted by molar-refractivity contribution is 6.31. The molecule has 0 saturated heterocycles. The van der Waals surface area contributed by atoms with Crippen LogP contribution in [0.1, 0.15) is 41.8 Å². The van der Waals surface area contributed by atoms with Gasteiger partial charge >= 0.3 is 0 Å². The fraction of sp³-hybridized carbons (Fsp3) is 0.250. The Bertz CT molecular complexity index is 1880. The SMILES string of the molecule is O=C1COc2nc(C3=C(F)N=C([C@@H]4[C@H]5C[C@H]5c5cc(-c6cc(Cl)ccc6-n6cnnn6)cc(=O)n54)C3)ccc2C1. The highest BCUT2D eigenvalue weighted by Gasteiger charge is 2.55. The van der Waals surface area contributed by atoms with Crippen LogP contribution in [0, 0.1) is 5.92 Å². The Morgan fingerprint density at radius 2 is 1.98 bits per heavy atom. The van der Waals surface area contributed by atoms with Crippen LogP contribution in [-0.2, 0) is 11.2 Å². The third-order valence-corrected chi connectivity index (χ3v) is 8.30. The molecule has 198 valence electrons. The van der Waals surface area contributed by atoms with Gasteiger partial charge in [-0.2, -0.15) is 9.07 Å². The first-order chi connectivity index (χ1) is 19.4. The predicted octanol–water partition coefficient (Wildman–Crippen LogP) is 3.88. The van der Waals surface area contributed by atoms with Crippen LogP contribution >= 0.6 is 11.6 Å². The molecule has 4 aromatic rings. The van der Waals surface area contributed by atoms with Crippen molar-refractivity contribution in [3.8, 4) is 22.7 Å². The topological polar surface area (TPSA) is 117 Å². The molecule has 12 heteroatoms. The summed E-state index contributed by atoms with van der Waals surface area (Å²) >= 11 is 6.33. The minimum atomic E-state index is -0.602. The van der Waals surface area contributed by atoms with Gasteiger partial charge < -0.3 is 9.30 Å². The Kier molecular flexibility index (Phi) is 4.96. The molecule has 0 unspecified atom stereocenters. The number of carbonyl (C=O) groups excluding carboxylic acids is 1. The van der Waals surface area contributed by atoms with Crippen molar-refractivity contribution >= 4 is 28.7 Å². The lowest BCUT2D eigenvalue weighted by Gasteiger charge is -2.20. The number of pyridine rings is 2. The smallest absolute Gasteiger partial charge is 0.251 e. The van der Waals surface area contributed by atoms with E-state index in [2.05, 4.69) is 25.5 Å². The molecule has 1 aromatic carbocycles. The molecule has 3 aliphatic heterocycles. The van der Waals surface area contributed by atoms with Crippen LogP contribution in [0.15, 0.2) is 64.5 Å². The number of rotatable bonds is 4. The van der Waals surface area contributed by atoms with Crippen LogP contribution in [0.25, 0.3) is 22.4 Å². The zero-order valence-electron chi connectivity index (χ0n) is 20.8. The number of aromatic nitrogens is 6. The molecule has 1 saturated carbocycles. The van der Waals surface area contributed by atoms with E-state index in [1.807, 2.05) is 12.1 Å². The molecule has 1 fully saturated rings. The van der Waals surface area contributed by atoms with Gasteiger partial charge in [-0.1, -0.05) is 17.7 Å². The number of allylic oxidation sites excluding steroid dienone is 1. The number of hydrogen-bond acceptors (Lipinski definition) is 8. The Labute approximate surface area is 230 Å². The number of benzene rings is 1. The fourth-order valence-electron chi connectivity index (χ4n) is 6.20. The molecule has 0 amide bonds. The van der Waals surface area contributed by atoms with Crippen LogP contribution in [0.5, 0.6) is 5.88 Å². The van der Waals surface area contributed by atoms with E-state index in [-0.39, 0.29) is 48.7 Å². The summed E-state index contributed by atoms with van der Waals surface area (Å²) in [7, 11) is 0. The highest BCUT2D eigenvalue weighted by atomic mass is 35.5. The number of tetrazole rings is 1. The number of Topliss-reactive ketones (excluding diaryl/α,β-unsaturated/α-hetero) is 1. The Morgan fingerprint density at radius 1 is 1.07 bits per heavy atom. The number of nitrogens with zero attached hydrogens (tertiary/aromatic N) is 7. The van der Waals surface area contributed by atoms with Gasteiger partial charge in [0.15, 0.2) is 5.78 Å². The fourth-order valence-corrected chi connectivity index (χ4v) is 6.38. The van der Waals surface area contributed by atoms with Crippen molar-refractivity contribution in [1.29, 1.82) is 0 Å². The lowest BCUT2D eigenvalue weighted by atomic mass is 9.99. The van der Waals surface area contributed by atoms with E-state index in [1.165, 1.54) is 11.0 Å². The molecule has 4 aliphatic rings. The Morgan fingerprint density at radius 3 is 2.83 bits per heavy atom. The Balaban J connectivity index is 1.13. The summed E-state index contributed by atoms with van der Waals surface area (Å²) in [6.45, 7) is -0.0357. The van der Waals surface area contributed by atoms with Crippen molar-refractivity contribution in [1.82, 2.24) is 29.8 Å². The summed E-state index contributed by atoms with van der Waals surface area (Å²) in [6, 6.07) is 12.1. The minimum absolute atomic E-state index is 0.0200. The molecule has 10 nitrogen and oxygen atoms in total. The summed E-state index contributed by atoms with van der Waals surface area (Å²) in [5.74, 6) is 0.0992. The number of aliphatic imine (C=N–C) groups is 1. The monoisotopic (exact) mass is 555 g/mol. The molecule has 3 aromatic heterocycles. The molecular formula is C28H19ClFN7O3. The second-order valence-corrected chi connectivity index (χ2v) is 10.9. The number of fused-ring (bicyclic) bond motifs is 4. The third-order valence-electron chi connectivity index (χ3n) is 8.06. The Hall–Kier alpha value is -4.51. The zero-order chi connectivity index (χ0) is 27.1. The van der Waals surface area contributed by atoms with Crippen LogP contribution in [0.4, 0.5) is 4.39 Å². The normalized spacial score (nSPS) is 22.5. The van der Waals surface area contributed by atoms with E-state index in [9.17, 15) is 9.59 Å². The quantitative estimate of drug-likeness (QED) is 0.351. The second kappa shape index (κ2) is 8.49. The summed E-state index contributed by atoms with van der Waals surface area (Å²) < 4.78 is 24.0. The van der Waals surface area contributed by atoms with Gasteiger partial charge in [-0.15, -0.1) is 5.10 Å². The minimum Gasteiger partial charge on any atom is -0.469 e. The van der Waals surface area contributed by atoms with E-state index in [0.717, 1.165) is 17.7 Å². The average Bonchev–Trinajstić information content (AvgIpc) is 3.24. The van der Waals surface area contributed by atoms with Gasteiger partial charge in [0.2, 0.25) is 11.8 Å². The average molecular weight is 556 g/mol. The maximum absolute atomic E-state index is 15.2. The number of carbonyl (C=O) groups is 1. The molecule has 3 atom stereocenters. The largest absolute Gasteiger partial charge is 0.469 e. The molecule has 1 aliphatic carbocycles. The number of hydrogen-bond donors (Lipinski definition) is 0. The molecule has 0 radical (unpaired) electrons. The third kappa shape index (κ3) is 3.57. The van der Waals surface area contributed by atoms with Gasteiger partial charge in [-0.25, -0.2) is 9.98 Å². The highest BCUT2D eigenvalue weighted by Crippen LogP contribution is 2.60. The van der Waals surface area contributed by atoms with Crippen molar-refractivity contribution < 1.29 is 13.9 Å². The molecule has 6 heterocycles. The maximum atomic E-state index is 15.2. The van der Waals surface area contributed by atoms with Gasteiger partial charge in [0.25, 0.3) is 5.56 Å². The number of halogens is 2. The van der Waals surface area contributed by atoms with Crippen molar-refractivity contribution in [2.45, 2.75) is 31.2 Å². The van der Waals surface area contributed by atoms with Gasteiger partial charge in [0, 0.05) is 58.0 Å². The van der Waals surface area contributed by atoms with Gasteiger partial charge in [0.05, 0.1) is 17.4 Å². The van der Waals surface area contributed by atoms with E-state index < -0.39 is 5.95 Å². The van der Waals surface area contributed by atoms with Crippen molar-refractivity contribution in [3.63, 3.8) is 0 Å². The van der Waals surface area contributed by atoms with Crippen molar-refractivity contribution in [3.05, 3.63) is 87.1 Å². The maximum Gasteiger partial charge on any atom is 0.251 e. The van der Waals surface area contributed by atoms with Gasteiger partial charge in [-0.05, 0) is 58.7 Å². The first kappa shape index (κ1) is 23.4. The van der Waals surface area contributed by atoms with E-state index in [1.54, 1.807) is 34.9 Å². The number of ether oxygens (including phenoxy) is 1. The molecular weight excluding hydrogens is 537 g/mol. The van der Waals surface area contributed by atoms with E-state index in [0.29, 0.717) is 44.7 Å². The lowest BCUT2D eigenvalue weighted by molar-refractivity contribution is -0.121. The van der Waals surface area contributed by atoms with Crippen molar-refractivity contribution in [2.75, 3.05) is 6.61 Å². The summed E-state index contributed by atoms with van der Waals surface area (Å²) in [4.78, 5) is 34.1. The molecule has 0 bridgehead atoms. The number of ketones is 1. The summed E-state index contributed by atoms with van der Waals surface area (Å²) in [5, 5.41) is 12.0. The lowest BCUT2D eigenvalue weighted by Crippen LogP contribution is -2.29. The molecule has 40 heavy (non-hydrogen) atoms. The summed E-state index contributed by atoms with van der Waals surface area (Å²) in [5.41, 5.74) is 4.95. The van der Waals surface area contributed by atoms with E-state index >= 15 is 4.39 Å². The first-order valence-electron chi connectivity index (χ1n) is 12.9. The van der Waals surface area contributed by atoms with Gasteiger partial charge in [0.1, 0.15) is 12.9 Å². The van der Waals surface area contributed by atoms with Crippen LogP contribution in [0.3, 0.4) is 0 Å². The van der Waals surface area contributed by atoms with Crippen LogP contribution in [-0.4, -0.2) is 47.9 Å².